The Morgan fingerprint density at radius 3 is 3.00 bits per heavy atom. The van der Waals surface area contributed by atoms with Crippen molar-refractivity contribution >= 4 is 15.9 Å². The third-order valence-electron chi connectivity index (χ3n) is 1.59. The van der Waals surface area contributed by atoms with Gasteiger partial charge in [0.25, 0.3) is 0 Å². The number of nitrogens with one attached hydrogen (secondary N) is 1. The van der Waals surface area contributed by atoms with Crippen LogP contribution >= 0.6 is 15.9 Å². The van der Waals surface area contributed by atoms with Crippen LogP contribution in [0.1, 0.15) is 5.89 Å². The zero-order chi connectivity index (χ0) is 9.97. The van der Waals surface area contributed by atoms with E-state index in [2.05, 4.69) is 31.4 Å². The highest BCUT2D eigenvalue weighted by Gasteiger charge is 2.10. The Morgan fingerprint density at radius 1 is 1.50 bits per heavy atom. The number of nitrogens with zero attached hydrogens (tertiary/aromatic N) is 2. The molecule has 2 aromatic rings. The molecule has 0 saturated heterocycles. The van der Waals surface area contributed by atoms with Crippen LogP contribution in [-0.2, 0) is 6.54 Å². The van der Waals surface area contributed by atoms with Crippen molar-refractivity contribution in [3.8, 4) is 11.6 Å². The molecule has 0 unspecified atom stereocenters. The zero-order valence-electron chi connectivity index (χ0n) is 7.45. The Labute approximate surface area is 88.6 Å². The number of rotatable bonds is 3. The number of aromatic nitrogens is 2. The summed E-state index contributed by atoms with van der Waals surface area (Å²) in [5.41, 5.74) is 0. The fourth-order valence-electron chi connectivity index (χ4n) is 1.01. The molecular weight excluding hydrogens is 250 g/mol. The van der Waals surface area contributed by atoms with E-state index in [1.807, 2.05) is 7.05 Å². The molecule has 0 aromatic carbocycles. The molecule has 0 atom stereocenters. The Morgan fingerprint density at radius 2 is 2.36 bits per heavy atom. The number of furan rings is 1. The summed E-state index contributed by atoms with van der Waals surface area (Å²) in [4.78, 5) is 4.13. The van der Waals surface area contributed by atoms with Crippen LogP contribution in [0, 0.1) is 0 Å². The standard InChI is InChI=1S/C8H8BrN3O2/c1-10-4-7-11-8(12-14-7)5-2-3-6(9)13-5/h2-3,10H,4H2,1H3. The monoisotopic (exact) mass is 257 g/mol. The van der Waals surface area contributed by atoms with E-state index in [-0.39, 0.29) is 0 Å². The Bertz CT molecular complexity index is 424. The average molecular weight is 258 g/mol. The van der Waals surface area contributed by atoms with Crippen molar-refractivity contribution in [3.63, 3.8) is 0 Å². The predicted molar refractivity (Wildman–Crippen MR) is 52.5 cm³/mol. The maximum atomic E-state index is 5.27. The number of hydrogen-bond acceptors (Lipinski definition) is 5. The minimum Gasteiger partial charge on any atom is -0.446 e. The van der Waals surface area contributed by atoms with Gasteiger partial charge in [-0.3, -0.25) is 0 Å². The summed E-state index contributed by atoms with van der Waals surface area (Å²) in [7, 11) is 1.81. The molecule has 74 valence electrons. The molecule has 0 fully saturated rings. The van der Waals surface area contributed by atoms with Gasteiger partial charge in [0.2, 0.25) is 11.7 Å². The summed E-state index contributed by atoms with van der Waals surface area (Å²) in [6, 6.07) is 3.56. The maximum Gasteiger partial charge on any atom is 0.241 e. The SMILES string of the molecule is CNCc1nc(-c2ccc(Br)o2)no1. The Balaban J connectivity index is 2.24. The van der Waals surface area contributed by atoms with Gasteiger partial charge < -0.3 is 14.3 Å². The molecule has 6 heteroatoms. The minimum atomic E-state index is 0.459. The second-order valence-electron chi connectivity index (χ2n) is 2.65. The van der Waals surface area contributed by atoms with Crippen LogP contribution < -0.4 is 5.32 Å². The van der Waals surface area contributed by atoms with Crippen LogP contribution in [0.3, 0.4) is 0 Å². The summed E-state index contributed by atoms with van der Waals surface area (Å²) in [5, 5.41) is 6.70. The Hall–Kier alpha value is -1.14. The fraction of sp³-hybridized carbons (Fsp3) is 0.250. The smallest absolute Gasteiger partial charge is 0.241 e. The molecule has 2 heterocycles. The molecule has 2 rings (SSSR count). The largest absolute Gasteiger partial charge is 0.446 e. The van der Waals surface area contributed by atoms with Gasteiger partial charge in [0.15, 0.2) is 10.4 Å². The molecule has 0 aliphatic rings. The Kier molecular flexibility index (Phi) is 2.64. The number of halogens is 1. The average Bonchev–Trinajstić information content (AvgIpc) is 2.74. The van der Waals surface area contributed by atoms with E-state index in [1.165, 1.54) is 0 Å². The highest BCUT2D eigenvalue weighted by Crippen LogP contribution is 2.22. The molecule has 2 aromatic heterocycles. The third kappa shape index (κ3) is 1.85. The van der Waals surface area contributed by atoms with E-state index < -0.39 is 0 Å². The van der Waals surface area contributed by atoms with E-state index in [0.29, 0.717) is 28.7 Å². The molecule has 0 aliphatic carbocycles. The molecule has 0 saturated carbocycles. The van der Waals surface area contributed by atoms with E-state index in [9.17, 15) is 0 Å². The van der Waals surface area contributed by atoms with Crippen LogP contribution in [-0.4, -0.2) is 17.2 Å². The van der Waals surface area contributed by atoms with Gasteiger partial charge in [-0.25, -0.2) is 0 Å². The van der Waals surface area contributed by atoms with Crippen LogP contribution in [0.15, 0.2) is 25.7 Å². The fourth-order valence-corrected chi connectivity index (χ4v) is 1.32. The summed E-state index contributed by atoms with van der Waals surface area (Å²) >= 11 is 3.20. The lowest BCUT2D eigenvalue weighted by atomic mass is 10.4. The van der Waals surface area contributed by atoms with Crippen LogP contribution in [0.2, 0.25) is 0 Å². The second-order valence-corrected chi connectivity index (χ2v) is 3.43. The van der Waals surface area contributed by atoms with Crippen LogP contribution in [0.4, 0.5) is 0 Å². The van der Waals surface area contributed by atoms with E-state index in [0.717, 1.165) is 0 Å². The van der Waals surface area contributed by atoms with Crippen molar-refractivity contribution in [3.05, 3.63) is 22.7 Å². The highest BCUT2D eigenvalue weighted by molar-refractivity contribution is 9.10. The van der Waals surface area contributed by atoms with Gasteiger partial charge in [0.05, 0.1) is 6.54 Å². The second kappa shape index (κ2) is 3.93. The summed E-state index contributed by atoms with van der Waals surface area (Å²) in [6.07, 6.45) is 0. The maximum absolute atomic E-state index is 5.27. The van der Waals surface area contributed by atoms with E-state index in [1.54, 1.807) is 12.1 Å². The first-order chi connectivity index (χ1) is 6.79. The first-order valence-corrected chi connectivity index (χ1v) is 4.82. The van der Waals surface area contributed by atoms with Gasteiger partial charge in [-0.15, -0.1) is 0 Å². The molecular formula is C8H8BrN3O2. The normalized spacial score (nSPS) is 10.7. The molecule has 0 bridgehead atoms. The number of hydrogen-bond donors (Lipinski definition) is 1. The lowest BCUT2D eigenvalue weighted by Crippen LogP contribution is -2.04. The molecule has 0 spiro atoms. The topological polar surface area (TPSA) is 64.1 Å². The van der Waals surface area contributed by atoms with Crippen molar-refractivity contribution < 1.29 is 8.94 Å². The lowest BCUT2D eigenvalue weighted by molar-refractivity contribution is 0.371. The molecule has 1 N–H and O–H groups in total. The van der Waals surface area contributed by atoms with Gasteiger partial charge in [-0.2, -0.15) is 4.98 Å². The highest BCUT2D eigenvalue weighted by atomic mass is 79.9. The zero-order valence-corrected chi connectivity index (χ0v) is 9.04. The van der Waals surface area contributed by atoms with Gasteiger partial charge in [0, 0.05) is 0 Å². The van der Waals surface area contributed by atoms with Crippen LogP contribution in [0.25, 0.3) is 11.6 Å². The first kappa shape index (κ1) is 9.42. The van der Waals surface area contributed by atoms with E-state index in [4.69, 9.17) is 8.94 Å². The molecule has 14 heavy (non-hydrogen) atoms. The quantitative estimate of drug-likeness (QED) is 0.909. The lowest BCUT2D eigenvalue weighted by Gasteiger charge is -1.86. The molecule has 0 amide bonds. The van der Waals surface area contributed by atoms with Crippen molar-refractivity contribution in [2.24, 2.45) is 0 Å². The summed E-state index contributed by atoms with van der Waals surface area (Å²) in [5.74, 6) is 1.58. The van der Waals surface area contributed by atoms with Crippen molar-refractivity contribution in [1.82, 2.24) is 15.5 Å². The van der Waals surface area contributed by atoms with Gasteiger partial charge >= 0.3 is 0 Å². The van der Waals surface area contributed by atoms with Crippen molar-refractivity contribution in [1.29, 1.82) is 0 Å². The predicted octanol–water partition coefficient (Wildman–Crippen LogP) is 1.81. The van der Waals surface area contributed by atoms with Crippen molar-refractivity contribution in [2.75, 3.05) is 7.05 Å². The van der Waals surface area contributed by atoms with Gasteiger partial charge in [-0.05, 0) is 35.1 Å². The molecule has 0 radical (unpaired) electrons. The third-order valence-corrected chi connectivity index (χ3v) is 2.02. The van der Waals surface area contributed by atoms with Gasteiger partial charge in [-0.1, -0.05) is 5.16 Å². The van der Waals surface area contributed by atoms with Crippen LogP contribution in [0.5, 0.6) is 0 Å². The summed E-state index contributed by atoms with van der Waals surface area (Å²) < 4.78 is 10.9. The first-order valence-electron chi connectivity index (χ1n) is 4.02. The molecule has 0 aliphatic heterocycles. The van der Waals surface area contributed by atoms with Crippen molar-refractivity contribution in [2.45, 2.75) is 6.54 Å². The van der Waals surface area contributed by atoms with Gasteiger partial charge in [0.1, 0.15) is 0 Å². The minimum absolute atomic E-state index is 0.459. The summed E-state index contributed by atoms with van der Waals surface area (Å²) in [6.45, 7) is 0.550. The molecule has 5 nitrogen and oxygen atoms in total. The van der Waals surface area contributed by atoms with E-state index >= 15 is 0 Å².